The van der Waals surface area contributed by atoms with E-state index < -0.39 is 0 Å². The molecule has 2 fully saturated rings. The van der Waals surface area contributed by atoms with E-state index in [2.05, 4.69) is 11.8 Å². The summed E-state index contributed by atoms with van der Waals surface area (Å²) in [4.78, 5) is 2.68. The molecule has 1 saturated carbocycles. The molecule has 0 aromatic carbocycles. The first-order valence-electron chi connectivity index (χ1n) is 5.75. The van der Waals surface area contributed by atoms with Crippen molar-refractivity contribution < 1.29 is 0 Å². The number of piperidine rings is 1. The molecule has 2 aliphatic rings. The number of nitrogens with zero attached hydrogens (tertiary/aromatic N) is 1. The Balaban J connectivity index is 1.86. The molecule has 76 valence electrons. The summed E-state index contributed by atoms with van der Waals surface area (Å²) in [5.41, 5.74) is 5.79. The van der Waals surface area contributed by atoms with Crippen LogP contribution in [-0.4, -0.2) is 30.6 Å². The molecular formula is C11H22N2. The van der Waals surface area contributed by atoms with Crippen LogP contribution in [0.2, 0.25) is 0 Å². The molecule has 2 N–H and O–H groups in total. The summed E-state index contributed by atoms with van der Waals surface area (Å²) in [5.74, 6) is 1.61. The zero-order valence-electron chi connectivity index (χ0n) is 8.71. The van der Waals surface area contributed by atoms with Crippen molar-refractivity contribution in [3.63, 3.8) is 0 Å². The summed E-state index contributed by atoms with van der Waals surface area (Å²) in [6.07, 6.45) is 5.68. The minimum atomic E-state index is 0.759. The van der Waals surface area contributed by atoms with Gasteiger partial charge in [0.25, 0.3) is 0 Å². The SMILES string of the molecule is CC1CCN(C2CCC2)CC1CN. The van der Waals surface area contributed by atoms with Crippen LogP contribution >= 0.6 is 0 Å². The van der Waals surface area contributed by atoms with E-state index in [1.165, 1.54) is 38.8 Å². The number of hydrogen-bond acceptors (Lipinski definition) is 2. The highest BCUT2D eigenvalue weighted by Crippen LogP contribution is 2.30. The molecule has 0 radical (unpaired) electrons. The van der Waals surface area contributed by atoms with Gasteiger partial charge in [0.1, 0.15) is 0 Å². The Morgan fingerprint density at radius 2 is 2.08 bits per heavy atom. The standard InChI is InChI=1S/C11H22N2/c1-9-5-6-13(8-10(9)7-12)11-3-2-4-11/h9-11H,2-8,12H2,1H3. The molecule has 1 heterocycles. The first kappa shape index (κ1) is 9.47. The fourth-order valence-electron chi connectivity index (χ4n) is 2.57. The Labute approximate surface area is 81.5 Å². The van der Waals surface area contributed by atoms with Crippen molar-refractivity contribution in [1.82, 2.24) is 4.90 Å². The van der Waals surface area contributed by atoms with Crippen molar-refractivity contribution in [2.24, 2.45) is 17.6 Å². The van der Waals surface area contributed by atoms with E-state index in [-0.39, 0.29) is 0 Å². The van der Waals surface area contributed by atoms with Gasteiger partial charge in [0.2, 0.25) is 0 Å². The molecule has 2 nitrogen and oxygen atoms in total. The van der Waals surface area contributed by atoms with Crippen molar-refractivity contribution >= 4 is 0 Å². The van der Waals surface area contributed by atoms with Crippen LogP contribution in [-0.2, 0) is 0 Å². The average Bonchev–Trinajstić information content (AvgIpc) is 2.05. The largest absolute Gasteiger partial charge is 0.330 e. The Morgan fingerprint density at radius 1 is 1.31 bits per heavy atom. The first-order chi connectivity index (χ1) is 6.31. The fraction of sp³-hybridized carbons (Fsp3) is 1.00. The second-order valence-corrected chi connectivity index (χ2v) is 4.84. The number of nitrogens with two attached hydrogens (primary N) is 1. The van der Waals surface area contributed by atoms with Crippen LogP contribution in [0.15, 0.2) is 0 Å². The van der Waals surface area contributed by atoms with Gasteiger partial charge in [-0.05, 0) is 44.2 Å². The highest BCUT2D eigenvalue weighted by Gasteiger charge is 2.31. The van der Waals surface area contributed by atoms with Crippen molar-refractivity contribution in [1.29, 1.82) is 0 Å². The normalized spacial score (nSPS) is 37.4. The molecule has 13 heavy (non-hydrogen) atoms. The van der Waals surface area contributed by atoms with E-state index in [1.807, 2.05) is 0 Å². The second kappa shape index (κ2) is 3.97. The Morgan fingerprint density at radius 3 is 2.62 bits per heavy atom. The predicted molar refractivity (Wildman–Crippen MR) is 55.5 cm³/mol. The molecule has 1 saturated heterocycles. The summed E-state index contributed by atoms with van der Waals surface area (Å²) in [7, 11) is 0. The highest BCUT2D eigenvalue weighted by atomic mass is 15.2. The molecule has 2 rings (SSSR count). The smallest absolute Gasteiger partial charge is 0.00954 e. The lowest BCUT2D eigenvalue weighted by atomic mass is 9.83. The second-order valence-electron chi connectivity index (χ2n) is 4.84. The molecule has 2 unspecified atom stereocenters. The first-order valence-corrected chi connectivity index (χ1v) is 5.75. The van der Waals surface area contributed by atoms with E-state index in [0.717, 1.165) is 24.4 Å². The molecule has 0 aromatic heterocycles. The quantitative estimate of drug-likeness (QED) is 0.700. The molecule has 0 bridgehead atoms. The summed E-state index contributed by atoms with van der Waals surface area (Å²) < 4.78 is 0. The van der Waals surface area contributed by atoms with Gasteiger partial charge in [-0.3, -0.25) is 0 Å². The van der Waals surface area contributed by atoms with Crippen LogP contribution in [0.4, 0.5) is 0 Å². The van der Waals surface area contributed by atoms with Crippen LogP contribution in [0.3, 0.4) is 0 Å². The van der Waals surface area contributed by atoms with Crippen molar-refractivity contribution in [3.05, 3.63) is 0 Å². The molecular weight excluding hydrogens is 160 g/mol. The van der Waals surface area contributed by atoms with Gasteiger partial charge in [-0.25, -0.2) is 0 Å². The minimum absolute atomic E-state index is 0.759. The van der Waals surface area contributed by atoms with E-state index in [4.69, 9.17) is 5.73 Å². The number of rotatable bonds is 2. The van der Waals surface area contributed by atoms with Gasteiger partial charge in [-0.1, -0.05) is 13.3 Å². The van der Waals surface area contributed by atoms with E-state index in [0.29, 0.717) is 0 Å². The van der Waals surface area contributed by atoms with E-state index in [1.54, 1.807) is 0 Å². The number of hydrogen-bond donors (Lipinski definition) is 1. The zero-order valence-corrected chi connectivity index (χ0v) is 8.71. The third-order valence-corrected chi connectivity index (χ3v) is 4.04. The van der Waals surface area contributed by atoms with Gasteiger partial charge in [0.15, 0.2) is 0 Å². The van der Waals surface area contributed by atoms with Crippen LogP contribution in [0.25, 0.3) is 0 Å². The topological polar surface area (TPSA) is 29.3 Å². The lowest BCUT2D eigenvalue weighted by Crippen LogP contribution is -2.49. The molecule has 2 heteroatoms. The van der Waals surface area contributed by atoms with Crippen molar-refractivity contribution in [3.8, 4) is 0 Å². The van der Waals surface area contributed by atoms with Crippen LogP contribution in [0, 0.1) is 11.8 Å². The van der Waals surface area contributed by atoms with Gasteiger partial charge in [0.05, 0.1) is 0 Å². The van der Waals surface area contributed by atoms with Gasteiger partial charge in [0, 0.05) is 12.6 Å². The number of likely N-dealkylation sites (tertiary alicyclic amines) is 1. The van der Waals surface area contributed by atoms with Crippen LogP contribution in [0.5, 0.6) is 0 Å². The average molecular weight is 182 g/mol. The third kappa shape index (κ3) is 1.89. The summed E-state index contributed by atoms with van der Waals surface area (Å²) in [6.45, 7) is 5.82. The van der Waals surface area contributed by atoms with Gasteiger partial charge in [-0.2, -0.15) is 0 Å². The van der Waals surface area contributed by atoms with E-state index in [9.17, 15) is 0 Å². The summed E-state index contributed by atoms with van der Waals surface area (Å²) in [5, 5.41) is 0. The Hall–Kier alpha value is -0.0800. The lowest BCUT2D eigenvalue weighted by molar-refractivity contribution is 0.0549. The molecule has 1 aliphatic carbocycles. The molecule has 0 aromatic rings. The molecule has 0 spiro atoms. The summed E-state index contributed by atoms with van der Waals surface area (Å²) in [6, 6.07) is 0.918. The maximum Gasteiger partial charge on any atom is 0.00954 e. The maximum atomic E-state index is 5.79. The molecule has 2 atom stereocenters. The van der Waals surface area contributed by atoms with Crippen LogP contribution < -0.4 is 5.73 Å². The Bertz CT molecular complexity index is 165. The van der Waals surface area contributed by atoms with Gasteiger partial charge < -0.3 is 10.6 Å². The van der Waals surface area contributed by atoms with Gasteiger partial charge >= 0.3 is 0 Å². The van der Waals surface area contributed by atoms with Crippen LogP contribution in [0.1, 0.15) is 32.6 Å². The third-order valence-electron chi connectivity index (χ3n) is 4.04. The van der Waals surface area contributed by atoms with Gasteiger partial charge in [-0.15, -0.1) is 0 Å². The lowest BCUT2D eigenvalue weighted by Gasteiger charge is -2.44. The zero-order chi connectivity index (χ0) is 9.26. The van der Waals surface area contributed by atoms with E-state index >= 15 is 0 Å². The minimum Gasteiger partial charge on any atom is -0.330 e. The summed E-state index contributed by atoms with van der Waals surface area (Å²) >= 11 is 0. The highest BCUT2D eigenvalue weighted by molar-refractivity contribution is 4.86. The predicted octanol–water partition coefficient (Wildman–Crippen LogP) is 1.46. The molecule has 0 amide bonds. The fourth-order valence-corrected chi connectivity index (χ4v) is 2.57. The van der Waals surface area contributed by atoms with Crippen molar-refractivity contribution in [2.45, 2.75) is 38.6 Å². The monoisotopic (exact) mass is 182 g/mol. The van der Waals surface area contributed by atoms with Crippen molar-refractivity contribution in [2.75, 3.05) is 19.6 Å². The maximum absolute atomic E-state index is 5.79. The Kier molecular flexibility index (Phi) is 2.89. The molecule has 1 aliphatic heterocycles.